The van der Waals surface area contributed by atoms with Crippen LogP contribution in [0.15, 0.2) is 23.3 Å². The number of ether oxygens (including phenoxy) is 5. The highest BCUT2D eigenvalue weighted by Crippen LogP contribution is 2.35. The monoisotopic (exact) mass is 1310 g/mol. The van der Waals surface area contributed by atoms with Crippen molar-refractivity contribution >= 4 is 76.0 Å². The zero-order valence-corrected chi connectivity index (χ0v) is 49.9. The van der Waals surface area contributed by atoms with Crippen LogP contribution in [0.3, 0.4) is 0 Å². The number of hydrogen-bond acceptors (Lipinski definition) is 31. The van der Waals surface area contributed by atoms with E-state index in [2.05, 4.69) is 56.5 Å². The van der Waals surface area contributed by atoms with Gasteiger partial charge in [-0.3, -0.25) is 28.8 Å². The van der Waals surface area contributed by atoms with Crippen molar-refractivity contribution < 1.29 is 108 Å². The number of amides is 7. The van der Waals surface area contributed by atoms with Crippen molar-refractivity contribution in [3.63, 3.8) is 0 Å². The van der Waals surface area contributed by atoms with Gasteiger partial charge in [0.1, 0.15) is 89.0 Å². The zero-order valence-electron chi connectivity index (χ0n) is 48.3. The van der Waals surface area contributed by atoms with Gasteiger partial charge in [0.15, 0.2) is 24.4 Å². The molecular weight excluding hydrogens is 1240 g/mol. The maximum absolute atomic E-state index is 15.1. The summed E-state index contributed by atoms with van der Waals surface area (Å²) < 4.78 is 28.6. The van der Waals surface area contributed by atoms with Gasteiger partial charge in [0.25, 0.3) is 5.91 Å². The van der Waals surface area contributed by atoms with Crippen molar-refractivity contribution in [2.24, 2.45) is 28.9 Å². The Hall–Kier alpha value is -7.65. The van der Waals surface area contributed by atoms with E-state index in [0.717, 1.165) is 23.9 Å². The van der Waals surface area contributed by atoms with Gasteiger partial charge in [-0.05, 0) is 20.8 Å². The van der Waals surface area contributed by atoms with Crippen molar-refractivity contribution in [3.05, 3.63) is 56.8 Å². The highest BCUT2D eigenvalue weighted by molar-refractivity contribution is 7.14. The number of aliphatic hydroxyl groups excluding tert-OH is 8. The summed E-state index contributed by atoms with van der Waals surface area (Å²) in [7, 11) is 0. The fourth-order valence-corrected chi connectivity index (χ4v) is 10.7. The van der Waals surface area contributed by atoms with E-state index >= 15 is 4.79 Å². The molecule has 6 rings (SSSR count). The van der Waals surface area contributed by atoms with Gasteiger partial charge in [-0.15, -0.1) is 22.7 Å². The highest BCUT2D eigenvalue weighted by Gasteiger charge is 2.54. The average molecular weight is 1310 g/mol. The number of anilines is 1. The lowest BCUT2D eigenvalue weighted by molar-refractivity contribution is -0.372. The van der Waals surface area contributed by atoms with Crippen LogP contribution in [-0.4, -0.2) is 247 Å². The first kappa shape index (κ1) is 71.4. The van der Waals surface area contributed by atoms with E-state index in [1.54, 1.807) is 5.38 Å². The largest absolute Gasteiger partial charge is 0.476 e. The van der Waals surface area contributed by atoms with Crippen LogP contribution in [0, 0.1) is 12.8 Å². The minimum absolute atomic E-state index is 0.0370. The van der Waals surface area contributed by atoms with Gasteiger partial charge in [0.05, 0.1) is 72.7 Å². The van der Waals surface area contributed by atoms with E-state index < -0.39 is 189 Å². The number of carbonyl (C=O) groups excluding carboxylic acids is 7. The second-order valence-corrected chi connectivity index (χ2v) is 22.6. The molecule has 0 aliphatic carbocycles. The predicted octanol–water partition coefficient (Wildman–Crippen LogP) is -8.00. The van der Waals surface area contributed by atoms with Gasteiger partial charge in [-0.2, -0.15) is 0 Å². The molecule has 6 heterocycles. The minimum atomic E-state index is -2.20. The molecule has 496 valence electrons. The maximum atomic E-state index is 15.1. The van der Waals surface area contributed by atoms with Gasteiger partial charge in [-0.25, -0.2) is 34.5 Å². The molecule has 38 nitrogen and oxygen atoms in total. The number of thiazole rings is 2. The molecule has 25 N–H and O–H groups in total. The van der Waals surface area contributed by atoms with Crippen LogP contribution in [0.4, 0.5) is 10.6 Å². The number of aromatic nitrogens is 6. The number of nitrogens with zero attached hydrogens (tertiary/aromatic N) is 5. The van der Waals surface area contributed by atoms with Crippen molar-refractivity contribution in [1.82, 2.24) is 56.5 Å². The van der Waals surface area contributed by atoms with E-state index in [1.807, 2.05) is 0 Å². The Labute approximate surface area is 517 Å². The molecule has 2 aliphatic heterocycles. The third-order valence-electron chi connectivity index (χ3n) is 14.3. The highest BCUT2D eigenvalue weighted by atomic mass is 32.1. The molecule has 2 fully saturated rings. The van der Waals surface area contributed by atoms with Crippen molar-refractivity contribution in [2.75, 3.05) is 32.0 Å². The van der Waals surface area contributed by atoms with Gasteiger partial charge in [0, 0.05) is 42.3 Å². The van der Waals surface area contributed by atoms with Crippen LogP contribution in [-0.2, 0) is 54.1 Å². The lowest BCUT2D eigenvalue weighted by Crippen LogP contribution is -2.65. The van der Waals surface area contributed by atoms with Crippen molar-refractivity contribution in [1.29, 1.82) is 0 Å². The number of aromatic amines is 1. The summed E-state index contributed by atoms with van der Waals surface area (Å²) in [6.07, 6.45) is -25.2. The number of aromatic carboxylic acids is 1. The number of imidazole rings is 1. The number of nitrogen functional groups attached to an aromatic ring is 1. The Morgan fingerprint density at radius 1 is 0.800 bits per heavy atom. The normalized spacial score (nSPS) is 24.8. The lowest BCUT2D eigenvalue weighted by Gasteiger charge is -2.47. The third kappa shape index (κ3) is 17.9. The summed E-state index contributed by atoms with van der Waals surface area (Å²) in [6, 6.07) is -7.88. The van der Waals surface area contributed by atoms with Gasteiger partial charge in [0.2, 0.25) is 29.5 Å². The molecular formula is C50H72N16O22S2. The molecule has 2 aliphatic rings. The van der Waals surface area contributed by atoms with Gasteiger partial charge in [-0.1, -0.05) is 6.92 Å². The Balaban J connectivity index is 1.31. The second kappa shape index (κ2) is 31.9. The van der Waals surface area contributed by atoms with Crippen molar-refractivity contribution in [3.8, 4) is 10.7 Å². The topological polar surface area (TPSA) is 635 Å². The first-order valence-corrected chi connectivity index (χ1v) is 29.1. The molecule has 7 amide bonds. The third-order valence-corrected chi connectivity index (χ3v) is 16.0. The van der Waals surface area contributed by atoms with E-state index in [9.17, 15) is 79.5 Å². The number of primary amides is 3. The van der Waals surface area contributed by atoms with E-state index in [4.69, 9.17) is 52.4 Å². The summed E-state index contributed by atoms with van der Waals surface area (Å²) in [5, 5.41) is 113. The number of nitrogens with one attached hydrogen (secondary N) is 6. The maximum Gasteiger partial charge on any atom is 0.404 e. The Morgan fingerprint density at radius 3 is 2.08 bits per heavy atom. The van der Waals surface area contributed by atoms with Crippen LogP contribution < -0.4 is 55.3 Å². The predicted molar refractivity (Wildman–Crippen MR) is 305 cm³/mol. The molecule has 0 radical (unpaired) electrons. The average Bonchev–Trinajstić information content (AvgIpc) is 0.905. The van der Waals surface area contributed by atoms with E-state index in [1.165, 1.54) is 44.4 Å². The summed E-state index contributed by atoms with van der Waals surface area (Å²) in [5.74, 6) is -9.68. The molecule has 90 heavy (non-hydrogen) atoms. The van der Waals surface area contributed by atoms with Gasteiger partial charge < -0.3 is 130 Å². The number of hydrogen-bond donors (Lipinski definition) is 20. The van der Waals surface area contributed by atoms with Crippen LogP contribution in [0.2, 0.25) is 0 Å². The number of nitrogens with two attached hydrogens (primary N) is 5. The smallest absolute Gasteiger partial charge is 0.404 e. The van der Waals surface area contributed by atoms with Crippen LogP contribution in [0.25, 0.3) is 10.7 Å². The second-order valence-electron chi connectivity index (χ2n) is 20.8. The number of H-pyrrole nitrogens is 1. The van der Waals surface area contributed by atoms with E-state index in [0.29, 0.717) is 15.7 Å². The minimum Gasteiger partial charge on any atom is -0.476 e. The molecule has 19 atom stereocenters. The standard InChI is InChI=1S/C50H72N16O22S2/c1-15-28(63-41(66-39(15)53)20(7-26(52)70)58-8-19(51)40(54)76)44(79)65-30(36(21-9-56-14-59-21)86-49-38(34(74)32(72)24(10-67)85-49)87-48-35(75)37(88-50(55)83)33(73)25(11-68)84-48)45(80)60-17(3)31(71)16(2)42(77)64-29(18(4)69)43(78)57-6-5-27-61-22(12-89-27)46-62-23(13-90-46)47(81)82/h9,12-14,16-20,24-25,29-38,48-49,58,67-69,71-75H,5-8,10-11,51H2,1-4H3,(H2,52,70)(H2,54,76)(H2,55,83)(H,56,59)(H,57,78)(H,60,80)(H,64,77)(H,65,79)(H,81,82)(H2,53,63,66)/t16-,17+,18+,19?,20+,24-,25+,29+,30+,31-,32-,33-,34+,35+,36-,37+,38-,48-,49-/m1/s1. The van der Waals surface area contributed by atoms with Crippen LogP contribution in [0.5, 0.6) is 0 Å². The van der Waals surface area contributed by atoms with E-state index in [-0.39, 0.29) is 48.1 Å². The molecule has 4 aromatic heterocycles. The SMILES string of the molecule is Cc1c(N)nc([C@H](CC(N)=O)NCC(N)C(N)=O)nc1C(=O)N[C@H](C(=O)N[C@@H](C)[C@H](O)[C@@H](C)C(=O)N[C@H](C(=O)NCCc1nc(-c2nc(C(=O)O)cs2)cs1)[C@H](C)O)[C@H](O[C@H]1O[C@H](CO)[C@@H](O)[C@H](O)[C@H]1O[C@H]1O[C@@H](CO)[C@@H](O)[C@H](OC(N)=O)[C@@H]1O)c1cnc[nH]1. The Morgan fingerprint density at radius 2 is 1.48 bits per heavy atom. The molecule has 4 aromatic rings. The summed E-state index contributed by atoms with van der Waals surface area (Å²) in [4.78, 5) is 128. The Kier molecular flexibility index (Phi) is 25.3. The summed E-state index contributed by atoms with van der Waals surface area (Å²) in [6.45, 7) is 2.55. The van der Waals surface area contributed by atoms with Crippen molar-refractivity contribution in [2.45, 2.75) is 150 Å². The molecule has 40 heteroatoms. The Bertz CT molecular complexity index is 3140. The number of carboxylic acid groups (broad SMARTS) is 1. The first-order chi connectivity index (χ1) is 42.5. The summed E-state index contributed by atoms with van der Waals surface area (Å²) in [5.41, 5.74) is 27.5. The molecule has 2 saturated heterocycles. The van der Waals surface area contributed by atoms with Gasteiger partial charge >= 0.3 is 12.1 Å². The molecule has 0 aromatic carbocycles. The number of carbonyl (C=O) groups is 8. The van der Waals surface area contributed by atoms with Crippen LogP contribution in [0.1, 0.15) is 82.4 Å². The molecule has 0 bridgehead atoms. The number of rotatable bonds is 31. The zero-order chi connectivity index (χ0) is 66.6. The number of aliphatic hydroxyl groups is 8. The lowest BCUT2D eigenvalue weighted by atomic mass is 9.96. The summed E-state index contributed by atoms with van der Waals surface area (Å²) >= 11 is 2.29. The quantitative estimate of drug-likeness (QED) is 0.0222. The molecule has 0 saturated carbocycles. The molecule has 1 unspecified atom stereocenters. The number of carboxylic acids is 1. The fraction of sp³-hybridized carbons (Fsp3) is 0.580. The first-order valence-electron chi connectivity index (χ1n) is 27.4. The molecule has 0 spiro atoms. The van der Waals surface area contributed by atoms with Crippen LogP contribution >= 0.6 is 22.7 Å². The fourth-order valence-electron chi connectivity index (χ4n) is 9.14.